The minimum Gasteiger partial charge on any atom is -0.322 e. The molecule has 0 radical (unpaired) electrons. The Kier molecular flexibility index (Phi) is 6.25. The van der Waals surface area contributed by atoms with Crippen LogP contribution in [0.25, 0.3) is 6.08 Å². The number of aryl methyl sites for hydroxylation is 1. The molecular weight excluding hydrogens is 372 g/mol. The van der Waals surface area contributed by atoms with Crippen molar-refractivity contribution in [3.05, 3.63) is 101 Å². The van der Waals surface area contributed by atoms with Crippen LogP contribution in [-0.2, 0) is 4.79 Å². The lowest BCUT2D eigenvalue weighted by molar-refractivity contribution is -0.111. The van der Waals surface area contributed by atoms with Crippen LogP contribution in [-0.4, -0.2) is 11.8 Å². The summed E-state index contributed by atoms with van der Waals surface area (Å²) in [7, 11) is 0. The van der Waals surface area contributed by atoms with E-state index in [0.29, 0.717) is 16.3 Å². The zero-order chi connectivity index (χ0) is 19.9. The number of rotatable bonds is 5. The number of hydrogen-bond donors (Lipinski definition) is 2. The maximum atomic E-state index is 12.5. The largest absolute Gasteiger partial charge is 0.322 e. The molecule has 4 nitrogen and oxygen atoms in total. The van der Waals surface area contributed by atoms with E-state index < -0.39 is 0 Å². The van der Waals surface area contributed by atoms with Crippen LogP contribution in [0.15, 0.2) is 78.9 Å². The van der Waals surface area contributed by atoms with Crippen molar-refractivity contribution in [2.75, 3.05) is 10.6 Å². The number of carbonyl (C=O) groups is 2. The van der Waals surface area contributed by atoms with Gasteiger partial charge in [0.25, 0.3) is 5.91 Å². The fraction of sp³-hybridized carbons (Fsp3) is 0.0435. The molecule has 0 spiro atoms. The number of carbonyl (C=O) groups excluding carboxylic acids is 2. The standard InChI is InChI=1S/C23H19ClN2O2/c1-16-7-5-6-10-20(16)26-23(28)18-12-13-19(24)21(15-18)25-22(27)14-11-17-8-3-2-4-9-17/h2-15H,1H3,(H,25,27)(H,26,28)/b14-11-. The quantitative estimate of drug-likeness (QED) is 0.561. The molecule has 0 aliphatic heterocycles. The molecular formula is C23H19ClN2O2. The van der Waals surface area contributed by atoms with Gasteiger partial charge in [-0.1, -0.05) is 60.1 Å². The van der Waals surface area contributed by atoms with Gasteiger partial charge in [-0.15, -0.1) is 0 Å². The van der Waals surface area contributed by atoms with Crippen molar-refractivity contribution < 1.29 is 9.59 Å². The molecule has 0 aliphatic rings. The summed E-state index contributed by atoms with van der Waals surface area (Å²) in [5, 5.41) is 5.93. The summed E-state index contributed by atoms with van der Waals surface area (Å²) in [5.41, 5.74) is 3.38. The van der Waals surface area contributed by atoms with Crippen molar-refractivity contribution in [3.8, 4) is 0 Å². The highest BCUT2D eigenvalue weighted by atomic mass is 35.5. The molecule has 140 valence electrons. The summed E-state index contributed by atoms with van der Waals surface area (Å²) in [6.45, 7) is 1.92. The summed E-state index contributed by atoms with van der Waals surface area (Å²) in [5.74, 6) is -0.608. The van der Waals surface area contributed by atoms with Crippen molar-refractivity contribution in [2.45, 2.75) is 6.92 Å². The molecule has 3 aromatic carbocycles. The predicted octanol–water partition coefficient (Wildman–Crippen LogP) is 5.55. The van der Waals surface area contributed by atoms with Crippen LogP contribution in [0.1, 0.15) is 21.5 Å². The Bertz CT molecular complexity index is 1030. The normalized spacial score (nSPS) is 10.6. The van der Waals surface area contributed by atoms with Gasteiger partial charge < -0.3 is 10.6 Å². The third-order valence-electron chi connectivity index (χ3n) is 4.11. The van der Waals surface area contributed by atoms with Crippen LogP contribution in [0.5, 0.6) is 0 Å². The van der Waals surface area contributed by atoms with Crippen LogP contribution in [0.4, 0.5) is 11.4 Å². The van der Waals surface area contributed by atoms with E-state index in [1.165, 1.54) is 6.08 Å². The van der Waals surface area contributed by atoms with Gasteiger partial charge in [0.2, 0.25) is 5.91 Å². The summed E-state index contributed by atoms with van der Waals surface area (Å²) < 4.78 is 0. The van der Waals surface area contributed by atoms with E-state index in [-0.39, 0.29) is 11.8 Å². The third-order valence-corrected chi connectivity index (χ3v) is 4.44. The van der Waals surface area contributed by atoms with Gasteiger partial charge in [0, 0.05) is 17.3 Å². The lowest BCUT2D eigenvalue weighted by atomic mass is 10.1. The maximum Gasteiger partial charge on any atom is 0.255 e. The van der Waals surface area contributed by atoms with Gasteiger partial charge in [-0.25, -0.2) is 0 Å². The van der Waals surface area contributed by atoms with Crippen molar-refractivity contribution in [3.63, 3.8) is 0 Å². The molecule has 0 aliphatic carbocycles. The van der Waals surface area contributed by atoms with Gasteiger partial charge in [0.1, 0.15) is 0 Å². The first-order valence-electron chi connectivity index (χ1n) is 8.73. The molecule has 3 aromatic rings. The fourth-order valence-corrected chi connectivity index (χ4v) is 2.75. The first kappa shape index (κ1) is 19.4. The van der Waals surface area contributed by atoms with Crippen LogP contribution in [0.2, 0.25) is 5.02 Å². The van der Waals surface area contributed by atoms with E-state index in [4.69, 9.17) is 11.6 Å². The Hall–Kier alpha value is -3.37. The Morgan fingerprint density at radius 2 is 1.57 bits per heavy atom. The fourth-order valence-electron chi connectivity index (χ4n) is 2.58. The third kappa shape index (κ3) is 5.09. The van der Waals surface area contributed by atoms with Crippen molar-refractivity contribution in [2.24, 2.45) is 0 Å². The van der Waals surface area contributed by atoms with Crippen LogP contribution in [0, 0.1) is 6.92 Å². The first-order chi connectivity index (χ1) is 13.5. The van der Waals surface area contributed by atoms with E-state index >= 15 is 0 Å². The summed E-state index contributed by atoms with van der Waals surface area (Å²) >= 11 is 6.18. The Morgan fingerprint density at radius 3 is 2.32 bits per heavy atom. The zero-order valence-electron chi connectivity index (χ0n) is 15.3. The number of nitrogens with one attached hydrogen (secondary N) is 2. The van der Waals surface area contributed by atoms with Gasteiger partial charge in [0.15, 0.2) is 0 Å². The predicted molar refractivity (Wildman–Crippen MR) is 115 cm³/mol. The molecule has 5 heteroatoms. The number of para-hydroxylation sites is 1. The molecule has 2 N–H and O–H groups in total. The summed E-state index contributed by atoms with van der Waals surface area (Å²) in [6, 6.07) is 21.8. The van der Waals surface area contributed by atoms with E-state index in [9.17, 15) is 9.59 Å². The minimum atomic E-state index is -0.331. The summed E-state index contributed by atoms with van der Waals surface area (Å²) in [6.07, 6.45) is 3.13. The Labute approximate surface area is 168 Å². The van der Waals surface area contributed by atoms with E-state index in [1.54, 1.807) is 24.3 Å². The molecule has 28 heavy (non-hydrogen) atoms. The minimum absolute atomic E-state index is 0.277. The van der Waals surface area contributed by atoms with Crippen LogP contribution >= 0.6 is 11.6 Å². The Morgan fingerprint density at radius 1 is 0.857 bits per heavy atom. The van der Waals surface area contributed by atoms with Gasteiger partial charge in [0.05, 0.1) is 10.7 Å². The zero-order valence-corrected chi connectivity index (χ0v) is 16.0. The topological polar surface area (TPSA) is 58.2 Å². The van der Waals surface area contributed by atoms with Gasteiger partial charge >= 0.3 is 0 Å². The number of benzene rings is 3. The molecule has 0 unspecified atom stereocenters. The van der Waals surface area contributed by atoms with Crippen molar-refractivity contribution in [1.82, 2.24) is 0 Å². The Balaban J connectivity index is 1.72. The molecule has 0 fully saturated rings. The van der Waals surface area contributed by atoms with Crippen molar-refractivity contribution >= 4 is 40.9 Å². The highest BCUT2D eigenvalue weighted by Crippen LogP contribution is 2.24. The van der Waals surface area contributed by atoms with Crippen LogP contribution in [0.3, 0.4) is 0 Å². The smallest absolute Gasteiger partial charge is 0.255 e. The second-order valence-electron chi connectivity index (χ2n) is 6.20. The summed E-state index contributed by atoms with van der Waals surface area (Å²) in [4.78, 5) is 24.7. The molecule has 2 amide bonds. The SMILES string of the molecule is Cc1ccccc1NC(=O)c1ccc(Cl)c(NC(=O)/C=C\c2ccccc2)c1. The molecule has 0 aromatic heterocycles. The van der Waals surface area contributed by atoms with E-state index in [1.807, 2.05) is 61.5 Å². The van der Waals surface area contributed by atoms with Gasteiger partial charge in [-0.3, -0.25) is 9.59 Å². The average Bonchev–Trinajstić information content (AvgIpc) is 2.70. The van der Waals surface area contributed by atoms with Gasteiger partial charge in [-0.2, -0.15) is 0 Å². The van der Waals surface area contributed by atoms with Crippen LogP contribution < -0.4 is 10.6 Å². The maximum absolute atomic E-state index is 12.5. The highest BCUT2D eigenvalue weighted by Gasteiger charge is 2.11. The molecule has 0 bridgehead atoms. The lowest BCUT2D eigenvalue weighted by Crippen LogP contribution is -2.14. The number of anilines is 2. The number of halogens is 1. The highest BCUT2D eigenvalue weighted by molar-refractivity contribution is 6.34. The second-order valence-corrected chi connectivity index (χ2v) is 6.60. The molecule has 0 atom stereocenters. The molecule has 0 heterocycles. The second kappa shape index (κ2) is 9.02. The van der Waals surface area contributed by atoms with E-state index in [2.05, 4.69) is 10.6 Å². The lowest BCUT2D eigenvalue weighted by Gasteiger charge is -2.10. The van der Waals surface area contributed by atoms with E-state index in [0.717, 1.165) is 16.8 Å². The average molecular weight is 391 g/mol. The monoisotopic (exact) mass is 390 g/mol. The molecule has 0 saturated heterocycles. The number of amides is 2. The first-order valence-corrected chi connectivity index (χ1v) is 9.11. The van der Waals surface area contributed by atoms with Crippen molar-refractivity contribution in [1.29, 1.82) is 0 Å². The molecule has 0 saturated carbocycles. The molecule has 3 rings (SSSR count). The van der Waals surface area contributed by atoms with Gasteiger partial charge in [-0.05, 0) is 48.4 Å². The number of hydrogen-bond acceptors (Lipinski definition) is 2.